The van der Waals surface area contributed by atoms with E-state index in [9.17, 15) is 0 Å². The molecule has 2 bridgehead atoms. The van der Waals surface area contributed by atoms with E-state index in [1.165, 1.54) is 25.9 Å². The standard InChI is InChI=1S/C8H18N2S/c1-11(2)10-5-7-3-4-8(6-10)9-7/h7-9,11H,3-6H2,1-2H3. The maximum Gasteiger partial charge on any atom is 0.0226 e. The molecule has 66 valence electrons. The minimum absolute atomic E-state index is 0.161. The van der Waals surface area contributed by atoms with Crippen molar-refractivity contribution in [2.24, 2.45) is 0 Å². The third kappa shape index (κ3) is 1.55. The van der Waals surface area contributed by atoms with Crippen LogP contribution in [0.5, 0.6) is 0 Å². The molecule has 2 nitrogen and oxygen atoms in total. The van der Waals surface area contributed by atoms with Crippen LogP contribution in [0.3, 0.4) is 0 Å². The lowest BCUT2D eigenvalue weighted by Gasteiger charge is -2.37. The summed E-state index contributed by atoms with van der Waals surface area (Å²) in [7, 11) is 0. The molecule has 0 amide bonds. The summed E-state index contributed by atoms with van der Waals surface area (Å²) in [6.45, 7) is 2.60. The van der Waals surface area contributed by atoms with Crippen molar-refractivity contribution in [2.75, 3.05) is 25.6 Å². The van der Waals surface area contributed by atoms with Crippen molar-refractivity contribution in [3.63, 3.8) is 0 Å². The van der Waals surface area contributed by atoms with Crippen LogP contribution in [-0.2, 0) is 0 Å². The SMILES string of the molecule is C[SH](C)N1CC2CCC(C1)N2. The molecule has 2 fully saturated rings. The van der Waals surface area contributed by atoms with Crippen molar-refractivity contribution in [1.29, 1.82) is 0 Å². The molecule has 0 spiro atoms. The lowest BCUT2D eigenvalue weighted by Crippen LogP contribution is -2.49. The molecule has 0 aromatic heterocycles. The van der Waals surface area contributed by atoms with Gasteiger partial charge >= 0.3 is 0 Å². The smallest absolute Gasteiger partial charge is 0.0226 e. The van der Waals surface area contributed by atoms with Gasteiger partial charge in [0.2, 0.25) is 0 Å². The Morgan fingerprint density at radius 3 is 2.18 bits per heavy atom. The van der Waals surface area contributed by atoms with Gasteiger partial charge in [-0.3, -0.25) is 4.31 Å². The van der Waals surface area contributed by atoms with Gasteiger partial charge in [-0.15, -0.1) is 0 Å². The molecule has 11 heavy (non-hydrogen) atoms. The molecule has 0 radical (unpaired) electrons. The normalized spacial score (nSPS) is 39.3. The predicted octanol–water partition coefficient (Wildman–Crippen LogP) is 0.598. The number of fused-ring (bicyclic) bond motifs is 2. The van der Waals surface area contributed by atoms with Gasteiger partial charge < -0.3 is 5.32 Å². The predicted molar refractivity (Wildman–Crippen MR) is 52.4 cm³/mol. The molecular formula is C8H18N2S. The van der Waals surface area contributed by atoms with Crippen LogP contribution in [0.2, 0.25) is 0 Å². The second-order valence-electron chi connectivity index (χ2n) is 3.86. The van der Waals surface area contributed by atoms with Gasteiger partial charge in [-0.05, 0) is 25.4 Å². The van der Waals surface area contributed by atoms with E-state index in [-0.39, 0.29) is 11.1 Å². The first-order valence-corrected chi connectivity index (χ1v) is 6.63. The number of nitrogens with one attached hydrogen (secondary N) is 1. The fraction of sp³-hybridized carbons (Fsp3) is 1.00. The number of hydrogen-bond acceptors (Lipinski definition) is 2. The van der Waals surface area contributed by atoms with Gasteiger partial charge in [0.15, 0.2) is 0 Å². The Hall–Kier alpha value is 0.270. The zero-order valence-corrected chi connectivity index (χ0v) is 8.27. The molecule has 2 unspecified atom stereocenters. The van der Waals surface area contributed by atoms with Crippen molar-refractivity contribution < 1.29 is 0 Å². The Bertz CT molecular complexity index is 137. The van der Waals surface area contributed by atoms with E-state index < -0.39 is 0 Å². The highest BCUT2D eigenvalue weighted by atomic mass is 32.2. The van der Waals surface area contributed by atoms with Gasteiger partial charge in [0, 0.05) is 25.2 Å². The Labute approximate surface area is 71.8 Å². The first-order chi connectivity index (χ1) is 5.25. The van der Waals surface area contributed by atoms with Crippen LogP contribution in [-0.4, -0.2) is 42.0 Å². The van der Waals surface area contributed by atoms with Crippen molar-refractivity contribution in [3.8, 4) is 0 Å². The summed E-state index contributed by atoms with van der Waals surface area (Å²) in [4.78, 5) is 0. The first-order valence-electron chi connectivity index (χ1n) is 4.44. The molecule has 0 aromatic carbocycles. The van der Waals surface area contributed by atoms with E-state index in [1.807, 2.05) is 0 Å². The average molecular weight is 174 g/mol. The summed E-state index contributed by atoms with van der Waals surface area (Å²) in [5, 5.41) is 3.64. The molecule has 0 aromatic rings. The lowest BCUT2D eigenvalue weighted by atomic mass is 10.2. The molecule has 3 heteroatoms. The third-order valence-corrected chi connectivity index (χ3v) is 4.22. The first kappa shape index (κ1) is 7.90. The highest BCUT2D eigenvalue weighted by Gasteiger charge is 2.32. The van der Waals surface area contributed by atoms with Gasteiger partial charge in [-0.25, -0.2) is 11.1 Å². The highest BCUT2D eigenvalue weighted by Crippen LogP contribution is 2.29. The summed E-state index contributed by atoms with van der Waals surface area (Å²) in [6, 6.07) is 1.64. The summed E-state index contributed by atoms with van der Waals surface area (Å²) < 4.78 is 2.66. The molecule has 2 aliphatic rings. The number of thiol groups is 1. The Morgan fingerprint density at radius 1 is 1.18 bits per heavy atom. The maximum absolute atomic E-state index is 3.64. The lowest BCUT2D eigenvalue weighted by molar-refractivity contribution is 0.317. The number of rotatable bonds is 1. The Balaban J connectivity index is 1.97. The second-order valence-corrected chi connectivity index (χ2v) is 6.12. The topological polar surface area (TPSA) is 15.3 Å². The van der Waals surface area contributed by atoms with Crippen LogP contribution < -0.4 is 5.32 Å². The molecular weight excluding hydrogens is 156 g/mol. The van der Waals surface area contributed by atoms with Gasteiger partial charge in [-0.1, -0.05) is 0 Å². The monoisotopic (exact) mass is 174 g/mol. The van der Waals surface area contributed by atoms with Crippen LogP contribution in [0.1, 0.15) is 12.8 Å². The second kappa shape index (κ2) is 2.96. The Kier molecular flexibility index (Phi) is 2.12. The minimum Gasteiger partial charge on any atom is -0.309 e. The number of piperazine rings is 1. The largest absolute Gasteiger partial charge is 0.309 e. The quantitative estimate of drug-likeness (QED) is 0.566. The van der Waals surface area contributed by atoms with Crippen molar-refractivity contribution in [3.05, 3.63) is 0 Å². The number of nitrogens with zero attached hydrogens (tertiary/aromatic N) is 1. The van der Waals surface area contributed by atoms with E-state index in [0.717, 1.165) is 12.1 Å². The van der Waals surface area contributed by atoms with Crippen molar-refractivity contribution in [2.45, 2.75) is 24.9 Å². The molecule has 2 saturated heterocycles. The molecule has 2 heterocycles. The van der Waals surface area contributed by atoms with Crippen molar-refractivity contribution >= 4 is 11.1 Å². The molecule has 2 atom stereocenters. The molecule has 1 N–H and O–H groups in total. The van der Waals surface area contributed by atoms with Gasteiger partial charge in [0.1, 0.15) is 0 Å². The summed E-state index contributed by atoms with van der Waals surface area (Å²) >= 11 is 0.161. The summed E-state index contributed by atoms with van der Waals surface area (Å²) in [5.41, 5.74) is 0. The van der Waals surface area contributed by atoms with E-state index in [2.05, 4.69) is 22.1 Å². The number of hydrogen-bond donors (Lipinski definition) is 2. The zero-order chi connectivity index (χ0) is 7.84. The van der Waals surface area contributed by atoms with Crippen LogP contribution in [0.25, 0.3) is 0 Å². The van der Waals surface area contributed by atoms with Gasteiger partial charge in [-0.2, -0.15) is 0 Å². The van der Waals surface area contributed by atoms with E-state index in [1.54, 1.807) is 0 Å². The molecule has 0 saturated carbocycles. The van der Waals surface area contributed by atoms with Crippen molar-refractivity contribution in [1.82, 2.24) is 9.62 Å². The van der Waals surface area contributed by atoms with Crippen LogP contribution >= 0.6 is 11.1 Å². The zero-order valence-electron chi connectivity index (χ0n) is 7.38. The van der Waals surface area contributed by atoms with Crippen LogP contribution in [0.4, 0.5) is 0 Å². The van der Waals surface area contributed by atoms with E-state index >= 15 is 0 Å². The highest BCUT2D eigenvalue weighted by molar-refractivity contribution is 8.13. The maximum atomic E-state index is 3.64. The molecule has 0 aliphatic carbocycles. The summed E-state index contributed by atoms with van der Waals surface area (Å²) in [6.07, 6.45) is 7.54. The summed E-state index contributed by atoms with van der Waals surface area (Å²) in [5.74, 6) is 0. The Morgan fingerprint density at radius 2 is 1.73 bits per heavy atom. The molecule has 2 rings (SSSR count). The fourth-order valence-electron chi connectivity index (χ4n) is 2.10. The van der Waals surface area contributed by atoms with Crippen LogP contribution in [0, 0.1) is 0 Å². The fourth-order valence-corrected chi connectivity index (χ4v) is 3.15. The average Bonchev–Trinajstić information content (AvgIpc) is 2.30. The van der Waals surface area contributed by atoms with E-state index in [4.69, 9.17) is 0 Å². The molecule has 2 aliphatic heterocycles. The van der Waals surface area contributed by atoms with Gasteiger partial charge in [0.25, 0.3) is 0 Å². The van der Waals surface area contributed by atoms with E-state index in [0.29, 0.717) is 0 Å². The van der Waals surface area contributed by atoms with Crippen LogP contribution in [0.15, 0.2) is 0 Å². The minimum atomic E-state index is 0.161. The van der Waals surface area contributed by atoms with Gasteiger partial charge in [0.05, 0.1) is 0 Å². The third-order valence-electron chi connectivity index (χ3n) is 2.76.